The maximum Gasteiger partial charge on any atom is 0.248 e. The highest BCUT2D eigenvalue weighted by atomic mass is 16.3. The van der Waals surface area contributed by atoms with E-state index >= 15 is 0 Å². The molecule has 2 N–H and O–H groups in total. The molecule has 0 saturated heterocycles. The van der Waals surface area contributed by atoms with E-state index in [9.17, 15) is 4.79 Å². The maximum absolute atomic E-state index is 11.1. The molecular formula is C18H22N2O2. The van der Waals surface area contributed by atoms with Crippen molar-refractivity contribution in [3.05, 3.63) is 59.0 Å². The van der Waals surface area contributed by atoms with Gasteiger partial charge in [-0.3, -0.25) is 9.69 Å². The second-order valence-corrected chi connectivity index (χ2v) is 6.36. The van der Waals surface area contributed by atoms with Crippen molar-refractivity contribution in [2.45, 2.75) is 32.4 Å². The van der Waals surface area contributed by atoms with Crippen molar-refractivity contribution in [2.24, 2.45) is 11.7 Å². The summed E-state index contributed by atoms with van der Waals surface area (Å²) in [6, 6.07) is 11.6. The maximum atomic E-state index is 11.1. The molecule has 1 amide bonds. The first-order valence-corrected chi connectivity index (χ1v) is 7.69. The van der Waals surface area contributed by atoms with Crippen molar-refractivity contribution in [2.75, 3.05) is 7.05 Å². The first kappa shape index (κ1) is 14.9. The Morgan fingerprint density at radius 1 is 1.23 bits per heavy atom. The number of furan rings is 1. The number of benzene rings is 1. The summed E-state index contributed by atoms with van der Waals surface area (Å²) in [6.45, 7) is 3.84. The molecule has 2 atom stereocenters. The van der Waals surface area contributed by atoms with Gasteiger partial charge in [-0.15, -0.1) is 0 Å². The van der Waals surface area contributed by atoms with Gasteiger partial charge in [0.1, 0.15) is 11.5 Å². The summed E-state index contributed by atoms with van der Waals surface area (Å²) in [6.07, 6.45) is 1.25. The summed E-state index contributed by atoms with van der Waals surface area (Å²) in [5.74, 6) is 3.13. The largest absolute Gasteiger partial charge is 0.464 e. The minimum absolute atomic E-state index is 0.391. The molecule has 4 nitrogen and oxygen atoms in total. The van der Waals surface area contributed by atoms with E-state index in [0.29, 0.717) is 11.5 Å². The monoisotopic (exact) mass is 298 g/mol. The van der Waals surface area contributed by atoms with Crippen LogP contribution in [-0.4, -0.2) is 17.9 Å². The molecule has 1 fully saturated rings. The summed E-state index contributed by atoms with van der Waals surface area (Å²) in [5.41, 5.74) is 6.94. The highest BCUT2D eigenvalue weighted by molar-refractivity contribution is 5.92. The molecule has 1 aromatic carbocycles. The van der Waals surface area contributed by atoms with Crippen LogP contribution in [0.5, 0.6) is 0 Å². The Morgan fingerprint density at radius 2 is 1.91 bits per heavy atom. The fraction of sp³-hybridized carbons (Fsp3) is 0.389. The molecule has 1 aromatic heterocycles. The molecule has 22 heavy (non-hydrogen) atoms. The molecule has 0 aliphatic heterocycles. The van der Waals surface area contributed by atoms with E-state index in [0.717, 1.165) is 36.1 Å². The fourth-order valence-electron chi connectivity index (χ4n) is 2.81. The number of rotatable bonds is 6. The number of primary amides is 1. The average Bonchev–Trinajstić information content (AvgIpc) is 3.03. The number of carbonyl (C=O) groups is 1. The van der Waals surface area contributed by atoms with E-state index in [2.05, 4.69) is 31.0 Å². The lowest BCUT2D eigenvalue weighted by Gasteiger charge is -2.15. The summed E-state index contributed by atoms with van der Waals surface area (Å²) in [5, 5.41) is 0. The minimum atomic E-state index is -0.391. The summed E-state index contributed by atoms with van der Waals surface area (Å²) < 4.78 is 5.93. The average molecular weight is 298 g/mol. The second kappa shape index (κ2) is 5.97. The fourth-order valence-corrected chi connectivity index (χ4v) is 2.81. The number of hydrogen-bond donors (Lipinski definition) is 1. The van der Waals surface area contributed by atoms with Crippen LogP contribution in [0.3, 0.4) is 0 Å². The SMILES string of the molecule is C[C@@H]1C[C@@H]1c1ccc(CN(C)Cc2ccc(C(N)=O)cc2)o1. The number of nitrogens with zero attached hydrogens (tertiary/aromatic N) is 1. The van der Waals surface area contributed by atoms with Crippen molar-refractivity contribution in [1.82, 2.24) is 4.90 Å². The van der Waals surface area contributed by atoms with Gasteiger partial charge < -0.3 is 10.2 Å². The van der Waals surface area contributed by atoms with Gasteiger partial charge in [0.15, 0.2) is 0 Å². The Hall–Kier alpha value is -2.07. The van der Waals surface area contributed by atoms with Crippen LogP contribution in [-0.2, 0) is 13.1 Å². The summed E-state index contributed by atoms with van der Waals surface area (Å²) >= 11 is 0. The van der Waals surface area contributed by atoms with Gasteiger partial charge in [-0.2, -0.15) is 0 Å². The smallest absolute Gasteiger partial charge is 0.248 e. The van der Waals surface area contributed by atoms with Crippen LogP contribution in [0.15, 0.2) is 40.8 Å². The zero-order valence-electron chi connectivity index (χ0n) is 13.1. The van der Waals surface area contributed by atoms with E-state index in [1.54, 1.807) is 12.1 Å². The normalized spacial score (nSPS) is 20.3. The lowest BCUT2D eigenvalue weighted by Crippen LogP contribution is -2.17. The highest BCUT2D eigenvalue weighted by Gasteiger charge is 2.36. The van der Waals surface area contributed by atoms with Gasteiger partial charge >= 0.3 is 0 Å². The number of nitrogens with two attached hydrogens (primary N) is 1. The predicted molar refractivity (Wildman–Crippen MR) is 85.4 cm³/mol. The van der Waals surface area contributed by atoms with Crippen LogP contribution in [0.2, 0.25) is 0 Å². The van der Waals surface area contributed by atoms with Gasteiger partial charge in [0, 0.05) is 18.0 Å². The Bertz CT molecular complexity index is 660. The van der Waals surface area contributed by atoms with Gasteiger partial charge in [0.05, 0.1) is 6.54 Å². The molecule has 2 aromatic rings. The van der Waals surface area contributed by atoms with Crippen LogP contribution in [0.25, 0.3) is 0 Å². The molecule has 0 bridgehead atoms. The summed E-state index contributed by atoms with van der Waals surface area (Å²) in [4.78, 5) is 13.3. The standard InChI is InChI=1S/C18H22N2O2/c1-12-9-16(12)17-8-7-15(22-17)11-20(2)10-13-3-5-14(6-4-13)18(19)21/h3-8,12,16H,9-11H2,1-2H3,(H2,19,21)/t12-,16+/m1/s1. The number of amides is 1. The Labute approximate surface area is 130 Å². The van der Waals surface area contributed by atoms with Crippen molar-refractivity contribution >= 4 is 5.91 Å². The Morgan fingerprint density at radius 3 is 2.50 bits per heavy atom. The van der Waals surface area contributed by atoms with E-state index in [1.807, 2.05) is 12.1 Å². The van der Waals surface area contributed by atoms with Gasteiger partial charge in [-0.25, -0.2) is 0 Å². The van der Waals surface area contributed by atoms with Crippen LogP contribution in [0.1, 0.15) is 46.7 Å². The van der Waals surface area contributed by atoms with E-state index in [1.165, 1.54) is 6.42 Å². The number of carbonyl (C=O) groups excluding carboxylic acids is 1. The lowest BCUT2D eigenvalue weighted by atomic mass is 10.1. The third-order valence-corrected chi connectivity index (χ3v) is 4.27. The van der Waals surface area contributed by atoms with Crippen LogP contribution >= 0.6 is 0 Å². The minimum Gasteiger partial charge on any atom is -0.464 e. The third-order valence-electron chi connectivity index (χ3n) is 4.27. The van der Waals surface area contributed by atoms with Crippen LogP contribution in [0.4, 0.5) is 0 Å². The van der Waals surface area contributed by atoms with Crippen molar-refractivity contribution < 1.29 is 9.21 Å². The molecule has 4 heteroatoms. The molecule has 1 saturated carbocycles. The molecule has 1 aliphatic carbocycles. The molecule has 116 valence electrons. The van der Waals surface area contributed by atoms with Crippen molar-refractivity contribution in [1.29, 1.82) is 0 Å². The quantitative estimate of drug-likeness (QED) is 0.891. The molecule has 0 radical (unpaired) electrons. The second-order valence-electron chi connectivity index (χ2n) is 6.36. The van der Waals surface area contributed by atoms with Crippen molar-refractivity contribution in [3.8, 4) is 0 Å². The first-order valence-electron chi connectivity index (χ1n) is 7.69. The molecule has 0 spiro atoms. The zero-order chi connectivity index (χ0) is 15.7. The van der Waals surface area contributed by atoms with Gasteiger partial charge in [0.25, 0.3) is 0 Å². The Kier molecular flexibility index (Phi) is 4.03. The molecular weight excluding hydrogens is 276 g/mol. The van der Waals surface area contributed by atoms with Crippen LogP contribution in [0, 0.1) is 5.92 Å². The van der Waals surface area contributed by atoms with Crippen LogP contribution < -0.4 is 5.73 Å². The molecule has 0 unspecified atom stereocenters. The molecule has 3 rings (SSSR count). The van der Waals surface area contributed by atoms with Crippen molar-refractivity contribution in [3.63, 3.8) is 0 Å². The Balaban J connectivity index is 1.56. The zero-order valence-corrected chi connectivity index (χ0v) is 13.1. The van der Waals surface area contributed by atoms with E-state index in [4.69, 9.17) is 10.2 Å². The highest BCUT2D eigenvalue weighted by Crippen LogP contribution is 2.47. The summed E-state index contributed by atoms with van der Waals surface area (Å²) in [7, 11) is 2.06. The van der Waals surface area contributed by atoms with Gasteiger partial charge in [0.2, 0.25) is 5.91 Å². The number of hydrogen-bond acceptors (Lipinski definition) is 3. The first-order chi connectivity index (χ1) is 10.5. The lowest BCUT2D eigenvalue weighted by molar-refractivity contribution is 0.100. The topological polar surface area (TPSA) is 59.5 Å². The molecule has 1 aliphatic rings. The van der Waals surface area contributed by atoms with Gasteiger partial charge in [-0.1, -0.05) is 19.1 Å². The van der Waals surface area contributed by atoms with E-state index < -0.39 is 5.91 Å². The predicted octanol–water partition coefficient (Wildman–Crippen LogP) is 3.13. The molecule has 1 heterocycles. The van der Waals surface area contributed by atoms with E-state index in [-0.39, 0.29) is 0 Å². The third kappa shape index (κ3) is 3.39. The van der Waals surface area contributed by atoms with Gasteiger partial charge in [-0.05, 0) is 49.2 Å².